The van der Waals surface area contributed by atoms with Gasteiger partial charge in [-0.15, -0.1) is 0 Å². The first-order valence-corrected chi connectivity index (χ1v) is 7.74. The maximum Gasteiger partial charge on any atom is 0.239 e. The van der Waals surface area contributed by atoms with Gasteiger partial charge in [0.25, 0.3) is 0 Å². The molecule has 0 aliphatic heterocycles. The van der Waals surface area contributed by atoms with E-state index >= 15 is 0 Å². The molecule has 118 valence electrons. The summed E-state index contributed by atoms with van der Waals surface area (Å²) in [6.07, 6.45) is -0.296. The first-order chi connectivity index (χ1) is 11.0. The van der Waals surface area contributed by atoms with Crippen molar-refractivity contribution >= 4 is 28.1 Å². The van der Waals surface area contributed by atoms with Crippen LogP contribution in [0.25, 0.3) is 22.0 Å². The number of nitrogens with two attached hydrogens (primary N) is 1. The number of benzene rings is 2. The lowest BCUT2D eigenvalue weighted by Crippen LogP contribution is -2.08. The van der Waals surface area contributed by atoms with Crippen molar-refractivity contribution < 1.29 is 8.78 Å². The minimum Gasteiger partial charge on any atom is -0.389 e. The summed E-state index contributed by atoms with van der Waals surface area (Å²) < 4.78 is 25.1. The van der Waals surface area contributed by atoms with Crippen LogP contribution in [0.3, 0.4) is 0 Å². The van der Waals surface area contributed by atoms with E-state index in [0.717, 1.165) is 33.2 Å². The van der Waals surface area contributed by atoms with E-state index in [1.807, 2.05) is 48.7 Å². The average molecular weight is 330 g/mol. The molecule has 0 aliphatic carbocycles. The molecule has 0 unspecified atom stereocenters. The molecule has 0 saturated carbocycles. The van der Waals surface area contributed by atoms with Gasteiger partial charge in [0.15, 0.2) is 0 Å². The Balaban J connectivity index is 2.07. The number of nitrogens with one attached hydrogen (secondary N) is 1. The molecule has 2 nitrogen and oxygen atoms in total. The van der Waals surface area contributed by atoms with Crippen LogP contribution in [0.4, 0.5) is 8.78 Å². The minimum atomic E-state index is -2.30. The molecule has 1 aromatic heterocycles. The molecule has 0 radical (unpaired) electrons. The standard InChI is InChI=1S/C18H16F2N2S/c19-16(20)5-4-12-9-15(10-13-6-7-22-17(12)13)11-2-1-3-14(8-11)18(21)23/h1-3,6-10,16,22H,4-5H2,(H2,21,23). The van der Waals surface area contributed by atoms with Crippen molar-refractivity contribution in [1.82, 2.24) is 4.98 Å². The molecule has 0 amide bonds. The second-order valence-electron chi connectivity index (χ2n) is 5.45. The van der Waals surface area contributed by atoms with Gasteiger partial charge in [-0.05, 0) is 47.4 Å². The zero-order valence-electron chi connectivity index (χ0n) is 12.4. The Labute approximate surface area is 138 Å². The molecule has 3 N–H and O–H groups in total. The van der Waals surface area contributed by atoms with Crippen LogP contribution in [-0.4, -0.2) is 16.4 Å². The van der Waals surface area contributed by atoms with Crippen molar-refractivity contribution in [2.45, 2.75) is 19.3 Å². The first-order valence-electron chi connectivity index (χ1n) is 7.33. The summed E-state index contributed by atoms with van der Waals surface area (Å²) >= 11 is 5.02. The van der Waals surface area contributed by atoms with Gasteiger partial charge in [0, 0.05) is 29.1 Å². The molecule has 0 saturated heterocycles. The highest BCUT2D eigenvalue weighted by Crippen LogP contribution is 2.29. The normalized spacial score (nSPS) is 11.3. The third kappa shape index (κ3) is 3.40. The number of hydrogen-bond acceptors (Lipinski definition) is 1. The Hall–Kier alpha value is -2.27. The number of aromatic nitrogens is 1. The Morgan fingerprint density at radius 1 is 1.13 bits per heavy atom. The van der Waals surface area contributed by atoms with Gasteiger partial charge in [-0.1, -0.05) is 30.4 Å². The van der Waals surface area contributed by atoms with E-state index in [1.54, 1.807) is 0 Å². The van der Waals surface area contributed by atoms with Crippen molar-refractivity contribution in [2.75, 3.05) is 0 Å². The van der Waals surface area contributed by atoms with E-state index in [4.69, 9.17) is 18.0 Å². The fraction of sp³-hybridized carbons (Fsp3) is 0.167. The van der Waals surface area contributed by atoms with E-state index in [2.05, 4.69) is 4.98 Å². The van der Waals surface area contributed by atoms with Crippen LogP contribution in [0, 0.1) is 0 Å². The number of halogens is 2. The van der Waals surface area contributed by atoms with Gasteiger partial charge in [-0.3, -0.25) is 0 Å². The quantitative estimate of drug-likeness (QED) is 0.668. The van der Waals surface area contributed by atoms with Crippen molar-refractivity contribution in [2.24, 2.45) is 5.73 Å². The van der Waals surface area contributed by atoms with Crippen LogP contribution in [0.2, 0.25) is 0 Å². The van der Waals surface area contributed by atoms with Crippen LogP contribution in [-0.2, 0) is 6.42 Å². The number of hydrogen-bond donors (Lipinski definition) is 2. The smallest absolute Gasteiger partial charge is 0.239 e. The van der Waals surface area contributed by atoms with Crippen molar-refractivity contribution in [3.05, 3.63) is 59.8 Å². The molecule has 0 spiro atoms. The van der Waals surface area contributed by atoms with E-state index < -0.39 is 6.43 Å². The van der Waals surface area contributed by atoms with Gasteiger partial charge >= 0.3 is 0 Å². The second-order valence-corrected chi connectivity index (χ2v) is 5.89. The van der Waals surface area contributed by atoms with Crippen LogP contribution >= 0.6 is 12.2 Å². The molecule has 0 fully saturated rings. The van der Waals surface area contributed by atoms with Crippen LogP contribution < -0.4 is 5.73 Å². The van der Waals surface area contributed by atoms with E-state index in [1.165, 1.54) is 0 Å². The Bertz CT molecular complexity index is 855. The molecule has 23 heavy (non-hydrogen) atoms. The largest absolute Gasteiger partial charge is 0.389 e. The molecule has 3 rings (SSSR count). The maximum absolute atomic E-state index is 12.6. The van der Waals surface area contributed by atoms with Gasteiger partial charge in [0.2, 0.25) is 6.43 Å². The lowest BCUT2D eigenvalue weighted by molar-refractivity contribution is 0.138. The van der Waals surface area contributed by atoms with Gasteiger partial charge < -0.3 is 10.7 Å². The van der Waals surface area contributed by atoms with Crippen molar-refractivity contribution in [3.63, 3.8) is 0 Å². The molecule has 3 aromatic rings. The maximum atomic E-state index is 12.6. The summed E-state index contributed by atoms with van der Waals surface area (Å²) in [5.41, 5.74) is 10.2. The number of H-pyrrole nitrogens is 1. The first kappa shape index (κ1) is 15.6. The fourth-order valence-corrected chi connectivity index (χ4v) is 2.86. The number of alkyl halides is 2. The monoisotopic (exact) mass is 330 g/mol. The summed E-state index contributed by atoms with van der Waals surface area (Å²) in [5, 5.41) is 1.01. The van der Waals surface area contributed by atoms with E-state index in [-0.39, 0.29) is 6.42 Å². The summed E-state index contributed by atoms with van der Waals surface area (Å²) in [6.45, 7) is 0. The van der Waals surface area contributed by atoms with Crippen LogP contribution in [0.5, 0.6) is 0 Å². The summed E-state index contributed by atoms with van der Waals surface area (Å²) in [5.74, 6) is 0. The molecule has 5 heteroatoms. The van der Waals surface area contributed by atoms with Crippen LogP contribution in [0.15, 0.2) is 48.7 Å². The van der Waals surface area contributed by atoms with E-state index in [0.29, 0.717) is 11.4 Å². The highest BCUT2D eigenvalue weighted by atomic mass is 32.1. The molecule has 0 aliphatic rings. The molecule has 1 heterocycles. The zero-order chi connectivity index (χ0) is 16.4. The lowest BCUT2D eigenvalue weighted by atomic mass is 9.97. The summed E-state index contributed by atoms with van der Waals surface area (Å²) in [7, 11) is 0. The fourth-order valence-electron chi connectivity index (χ4n) is 2.73. The van der Waals surface area contributed by atoms with Gasteiger partial charge in [-0.2, -0.15) is 0 Å². The summed E-state index contributed by atoms with van der Waals surface area (Å²) in [4.78, 5) is 3.47. The highest BCUT2D eigenvalue weighted by molar-refractivity contribution is 7.80. The minimum absolute atomic E-state index is 0.148. The molecular weight excluding hydrogens is 314 g/mol. The highest BCUT2D eigenvalue weighted by Gasteiger charge is 2.10. The Morgan fingerprint density at radius 3 is 2.70 bits per heavy atom. The number of aromatic amines is 1. The van der Waals surface area contributed by atoms with Crippen molar-refractivity contribution in [3.8, 4) is 11.1 Å². The zero-order valence-corrected chi connectivity index (χ0v) is 13.2. The van der Waals surface area contributed by atoms with Crippen molar-refractivity contribution in [1.29, 1.82) is 0 Å². The molecular formula is C18H16F2N2S. The predicted molar refractivity (Wildman–Crippen MR) is 93.9 cm³/mol. The number of thiocarbonyl (C=S) groups is 1. The second kappa shape index (κ2) is 6.46. The third-order valence-corrected chi connectivity index (χ3v) is 4.09. The Morgan fingerprint density at radius 2 is 1.96 bits per heavy atom. The molecule has 2 aromatic carbocycles. The predicted octanol–water partition coefficient (Wildman–Crippen LogP) is 4.67. The topological polar surface area (TPSA) is 41.8 Å². The number of fused-ring (bicyclic) bond motifs is 1. The average Bonchev–Trinajstić information content (AvgIpc) is 3.01. The number of aryl methyl sites for hydroxylation is 1. The van der Waals surface area contributed by atoms with Crippen LogP contribution in [0.1, 0.15) is 17.5 Å². The SMILES string of the molecule is NC(=S)c1cccc(-c2cc(CCC(F)F)c3[nH]ccc3c2)c1. The van der Waals surface area contributed by atoms with Gasteiger partial charge in [0.1, 0.15) is 4.99 Å². The molecule has 0 bridgehead atoms. The summed E-state index contributed by atoms with van der Waals surface area (Å²) in [6, 6.07) is 13.6. The number of rotatable bonds is 5. The van der Waals surface area contributed by atoms with Gasteiger partial charge in [-0.25, -0.2) is 8.78 Å². The molecule has 0 atom stereocenters. The third-order valence-electron chi connectivity index (χ3n) is 3.85. The van der Waals surface area contributed by atoms with E-state index in [9.17, 15) is 8.78 Å². The Kier molecular flexibility index (Phi) is 4.39. The lowest BCUT2D eigenvalue weighted by Gasteiger charge is -2.09. The van der Waals surface area contributed by atoms with Gasteiger partial charge in [0.05, 0.1) is 0 Å².